The van der Waals surface area contributed by atoms with Crippen molar-refractivity contribution >= 4 is 0 Å². The molecule has 21 heavy (non-hydrogen) atoms. The van der Waals surface area contributed by atoms with Crippen molar-refractivity contribution in [2.24, 2.45) is 11.3 Å². The molecule has 3 nitrogen and oxygen atoms in total. The molecule has 2 saturated heterocycles. The summed E-state index contributed by atoms with van der Waals surface area (Å²) in [6.07, 6.45) is 8.49. The van der Waals surface area contributed by atoms with E-state index < -0.39 is 0 Å². The number of nitrogens with one attached hydrogen (secondary N) is 1. The fourth-order valence-corrected chi connectivity index (χ4v) is 4.55. The summed E-state index contributed by atoms with van der Waals surface area (Å²) >= 11 is 0. The van der Waals surface area contributed by atoms with Gasteiger partial charge in [-0.3, -0.25) is 4.90 Å². The van der Waals surface area contributed by atoms with Crippen molar-refractivity contribution in [1.29, 1.82) is 0 Å². The predicted octanol–water partition coefficient (Wildman–Crippen LogP) is 3.05. The smallest absolute Gasteiger partial charge is 0.0547 e. The van der Waals surface area contributed by atoms with E-state index in [0.717, 1.165) is 31.7 Å². The molecule has 2 heterocycles. The summed E-state index contributed by atoms with van der Waals surface area (Å²) in [6, 6.07) is 0.880. The summed E-state index contributed by atoms with van der Waals surface area (Å²) in [4.78, 5) is 2.82. The average Bonchev–Trinajstić information content (AvgIpc) is 3.05. The molecule has 3 unspecified atom stereocenters. The summed E-state index contributed by atoms with van der Waals surface area (Å²) in [7, 11) is 0. The van der Waals surface area contributed by atoms with E-state index >= 15 is 0 Å². The van der Waals surface area contributed by atoms with Crippen molar-refractivity contribution in [3.8, 4) is 0 Å². The highest BCUT2D eigenvalue weighted by Crippen LogP contribution is 2.39. The molecule has 0 spiro atoms. The van der Waals surface area contributed by atoms with Gasteiger partial charge in [-0.1, -0.05) is 12.8 Å². The van der Waals surface area contributed by atoms with Crippen LogP contribution in [-0.2, 0) is 4.74 Å². The minimum absolute atomic E-state index is 0.202. The van der Waals surface area contributed by atoms with Gasteiger partial charge in [-0.15, -0.1) is 0 Å². The summed E-state index contributed by atoms with van der Waals surface area (Å²) in [5, 5.41) is 3.74. The van der Waals surface area contributed by atoms with Gasteiger partial charge in [0.25, 0.3) is 0 Å². The second kappa shape index (κ2) is 6.17. The van der Waals surface area contributed by atoms with Gasteiger partial charge in [0.1, 0.15) is 0 Å². The zero-order chi connectivity index (χ0) is 14.9. The number of hydrogen-bond acceptors (Lipinski definition) is 3. The third kappa shape index (κ3) is 3.80. The van der Waals surface area contributed by atoms with Crippen molar-refractivity contribution in [1.82, 2.24) is 10.2 Å². The average molecular weight is 294 g/mol. The molecule has 2 aliphatic heterocycles. The first-order valence-electron chi connectivity index (χ1n) is 9.04. The highest BCUT2D eigenvalue weighted by molar-refractivity contribution is 4.96. The SMILES string of the molecule is CC(C)(C)NCC1(CN2CCC3CCCCC32)CCOC1. The van der Waals surface area contributed by atoms with E-state index in [0.29, 0.717) is 5.41 Å². The highest BCUT2D eigenvalue weighted by Gasteiger charge is 2.42. The lowest BCUT2D eigenvalue weighted by atomic mass is 9.82. The van der Waals surface area contributed by atoms with Crippen LogP contribution < -0.4 is 5.32 Å². The highest BCUT2D eigenvalue weighted by atomic mass is 16.5. The van der Waals surface area contributed by atoms with Gasteiger partial charge in [0.05, 0.1) is 6.61 Å². The molecule has 3 fully saturated rings. The van der Waals surface area contributed by atoms with E-state index in [-0.39, 0.29) is 5.54 Å². The van der Waals surface area contributed by atoms with E-state index in [1.54, 1.807) is 0 Å². The summed E-state index contributed by atoms with van der Waals surface area (Å²) < 4.78 is 5.81. The van der Waals surface area contributed by atoms with E-state index in [4.69, 9.17) is 4.74 Å². The summed E-state index contributed by atoms with van der Waals surface area (Å²) in [5.41, 5.74) is 0.549. The Hall–Kier alpha value is -0.120. The van der Waals surface area contributed by atoms with Crippen molar-refractivity contribution in [3.63, 3.8) is 0 Å². The number of fused-ring (bicyclic) bond motifs is 1. The van der Waals surface area contributed by atoms with Gasteiger partial charge in [-0.25, -0.2) is 0 Å². The van der Waals surface area contributed by atoms with E-state index in [9.17, 15) is 0 Å². The second-order valence-electron chi connectivity index (χ2n) is 8.78. The molecule has 1 N–H and O–H groups in total. The first kappa shape index (κ1) is 15.8. The van der Waals surface area contributed by atoms with Crippen LogP contribution in [0, 0.1) is 11.3 Å². The van der Waals surface area contributed by atoms with Crippen LogP contribution >= 0.6 is 0 Å². The van der Waals surface area contributed by atoms with Crippen LogP contribution in [0.2, 0.25) is 0 Å². The molecule has 0 aromatic heterocycles. The number of likely N-dealkylation sites (tertiary alicyclic amines) is 1. The zero-order valence-corrected chi connectivity index (χ0v) is 14.3. The van der Waals surface area contributed by atoms with Gasteiger partial charge in [-0.05, 0) is 58.9 Å². The lowest BCUT2D eigenvalue weighted by molar-refractivity contribution is 0.0829. The molecule has 0 radical (unpaired) electrons. The standard InChI is InChI=1S/C18H34N2O/c1-17(2,3)19-12-18(9-11-21-14-18)13-20-10-8-15-6-4-5-7-16(15)20/h15-16,19H,4-14H2,1-3H3. The molecule has 3 rings (SSSR count). The van der Waals surface area contributed by atoms with Crippen LogP contribution in [0.15, 0.2) is 0 Å². The van der Waals surface area contributed by atoms with Crippen molar-refractivity contribution in [2.45, 2.75) is 70.9 Å². The lowest BCUT2D eigenvalue weighted by Crippen LogP contribution is -2.50. The Labute approximate surface area is 130 Å². The molecule has 0 aromatic rings. The van der Waals surface area contributed by atoms with Crippen LogP contribution in [-0.4, -0.2) is 49.3 Å². The molecule has 3 aliphatic rings. The van der Waals surface area contributed by atoms with E-state index in [1.807, 2.05) is 0 Å². The fraction of sp³-hybridized carbons (Fsp3) is 1.00. The first-order valence-corrected chi connectivity index (χ1v) is 9.04. The van der Waals surface area contributed by atoms with E-state index in [1.165, 1.54) is 51.6 Å². The Bertz CT molecular complexity index is 344. The number of nitrogens with zero attached hydrogens (tertiary/aromatic N) is 1. The molecule has 3 heteroatoms. The van der Waals surface area contributed by atoms with Crippen LogP contribution in [0.3, 0.4) is 0 Å². The molecule has 0 amide bonds. The minimum Gasteiger partial charge on any atom is -0.381 e. The van der Waals surface area contributed by atoms with Gasteiger partial charge in [0.15, 0.2) is 0 Å². The van der Waals surface area contributed by atoms with Gasteiger partial charge in [-0.2, -0.15) is 0 Å². The lowest BCUT2D eigenvalue weighted by Gasteiger charge is -2.39. The van der Waals surface area contributed by atoms with Crippen molar-refractivity contribution in [2.75, 3.05) is 32.8 Å². The van der Waals surface area contributed by atoms with Gasteiger partial charge in [0.2, 0.25) is 0 Å². The Morgan fingerprint density at radius 1 is 1.19 bits per heavy atom. The van der Waals surface area contributed by atoms with Gasteiger partial charge in [0, 0.05) is 36.7 Å². The summed E-state index contributed by atoms with van der Waals surface area (Å²) in [5.74, 6) is 0.994. The van der Waals surface area contributed by atoms with E-state index in [2.05, 4.69) is 31.0 Å². The van der Waals surface area contributed by atoms with Crippen molar-refractivity contribution < 1.29 is 4.74 Å². The molecule has 0 aromatic carbocycles. The predicted molar refractivity (Wildman–Crippen MR) is 87.6 cm³/mol. The fourth-order valence-electron chi connectivity index (χ4n) is 4.55. The third-order valence-electron chi connectivity index (χ3n) is 5.84. The zero-order valence-electron chi connectivity index (χ0n) is 14.3. The Kier molecular flexibility index (Phi) is 4.63. The maximum atomic E-state index is 5.81. The number of rotatable bonds is 4. The Balaban J connectivity index is 1.62. The molecule has 0 bridgehead atoms. The first-order chi connectivity index (χ1) is 9.98. The largest absolute Gasteiger partial charge is 0.381 e. The maximum Gasteiger partial charge on any atom is 0.0547 e. The van der Waals surface area contributed by atoms with Crippen molar-refractivity contribution in [3.05, 3.63) is 0 Å². The van der Waals surface area contributed by atoms with Gasteiger partial charge >= 0.3 is 0 Å². The van der Waals surface area contributed by atoms with Crippen LogP contribution in [0.5, 0.6) is 0 Å². The van der Waals surface area contributed by atoms with Crippen LogP contribution in [0.25, 0.3) is 0 Å². The Morgan fingerprint density at radius 2 is 2.00 bits per heavy atom. The normalized spacial score (nSPS) is 37.9. The van der Waals surface area contributed by atoms with Crippen LogP contribution in [0.4, 0.5) is 0 Å². The molecule has 1 saturated carbocycles. The molecule has 1 aliphatic carbocycles. The molecular weight excluding hydrogens is 260 g/mol. The number of hydrogen-bond donors (Lipinski definition) is 1. The van der Waals surface area contributed by atoms with Crippen LogP contribution in [0.1, 0.15) is 59.3 Å². The maximum absolute atomic E-state index is 5.81. The molecular formula is C18H34N2O. The third-order valence-corrected chi connectivity index (χ3v) is 5.84. The monoisotopic (exact) mass is 294 g/mol. The Morgan fingerprint density at radius 3 is 2.71 bits per heavy atom. The number of ether oxygens (including phenoxy) is 1. The minimum atomic E-state index is 0.202. The molecule has 3 atom stereocenters. The summed E-state index contributed by atoms with van der Waals surface area (Å²) in [6.45, 7) is 12.4. The topological polar surface area (TPSA) is 24.5 Å². The quantitative estimate of drug-likeness (QED) is 0.862. The second-order valence-corrected chi connectivity index (χ2v) is 8.78. The van der Waals surface area contributed by atoms with Gasteiger partial charge < -0.3 is 10.1 Å². The molecule has 122 valence electrons.